The average molecular weight is 386 g/mol. The second-order valence-corrected chi connectivity index (χ2v) is 5.64. The Labute approximate surface area is 165 Å². The van der Waals surface area contributed by atoms with Gasteiger partial charge in [0.15, 0.2) is 5.78 Å². The maximum Gasteiger partial charge on any atom is 0.193 e. The van der Waals surface area contributed by atoms with Gasteiger partial charge in [-0.25, -0.2) is 0 Å². The van der Waals surface area contributed by atoms with Crippen LogP contribution < -0.4 is 23.7 Å². The fourth-order valence-corrected chi connectivity index (χ4v) is 2.74. The van der Waals surface area contributed by atoms with E-state index >= 15 is 0 Å². The van der Waals surface area contributed by atoms with Gasteiger partial charge >= 0.3 is 0 Å². The number of ether oxygens (including phenoxy) is 5. The SMILES string of the molecule is CCOc1cccc(OCC)c1C(=O)/C=C/c1c(OC)cc(OC)cc1OC. The van der Waals surface area contributed by atoms with Crippen molar-refractivity contribution >= 4 is 11.9 Å². The smallest absolute Gasteiger partial charge is 0.193 e. The Morgan fingerprint density at radius 1 is 0.857 bits per heavy atom. The minimum atomic E-state index is -0.243. The second kappa shape index (κ2) is 10.3. The number of allylic oxidation sites excluding steroid dienone is 1. The van der Waals surface area contributed by atoms with E-state index in [1.807, 2.05) is 13.8 Å². The zero-order valence-corrected chi connectivity index (χ0v) is 16.9. The van der Waals surface area contributed by atoms with Gasteiger partial charge in [-0.2, -0.15) is 0 Å². The van der Waals surface area contributed by atoms with E-state index in [-0.39, 0.29) is 5.78 Å². The molecule has 2 aromatic carbocycles. The molecule has 0 fully saturated rings. The van der Waals surface area contributed by atoms with Crippen LogP contribution in [-0.2, 0) is 0 Å². The highest BCUT2D eigenvalue weighted by atomic mass is 16.5. The van der Waals surface area contributed by atoms with Crippen LogP contribution in [0.4, 0.5) is 0 Å². The zero-order chi connectivity index (χ0) is 20.5. The molecule has 0 aliphatic carbocycles. The van der Waals surface area contributed by atoms with Gasteiger partial charge in [-0.05, 0) is 38.1 Å². The van der Waals surface area contributed by atoms with Crippen LogP contribution in [0.2, 0.25) is 0 Å². The molecule has 0 aliphatic rings. The molecule has 0 N–H and O–H groups in total. The zero-order valence-electron chi connectivity index (χ0n) is 16.9. The molecule has 2 rings (SSSR count). The maximum atomic E-state index is 13.0. The Balaban J connectivity index is 2.47. The van der Waals surface area contributed by atoms with Crippen LogP contribution in [0, 0.1) is 0 Å². The summed E-state index contributed by atoms with van der Waals surface area (Å²) in [5.41, 5.74) is 1.01. The van der Waals surface area contributed by atoms with E-state index in [9.17, 15) is 4.79 Å². The molecule has 0 unspecified atom stereocenters. The first-order valence-corrected chi connectivity index (χ1v) is 9.00. The predicted octanol–water partition coefficient (Wildman–Crippen LogP) is 4.41. The number of ketones is 1. The molecule has 2 aromatic rings. The van der Waals surface area contributed by atoms with E-state index < -0.39 is 0 Å². The van der Waals surface area contributed by atoms with Crippen LogP contribution in [0.15, 0.2) is 36.4 Å². The number of hydrogen-bond donors (Lipinski definition) is 0. The Hall–Kier alpha value is -3.15. The predicted molar refractivity (Wildman–Crippen MR) is 108 cm³/mol. The average Bonchev–Trinajstić information content (AvgIpc) is 2.72. The topological polar surface area (TPSA) is 63.2 Å². The highest BCUT2D eigenvalue weighted by Crippen LogP contribution is 2.36. The van der Waals surface area contributed by atoms with Crippen LogP contribution in [-0.4, -0.2) is 40.3 Å². The third-order valence-electron chi connectivity index (χ3n) is 3.99. The van der Waals surface area contributed by atoms with E-state index in [1.165, 1.54) is 6.08 Å². The minimum absolute atomic E-state index is 0.243. The highest BCUT2D eigenvalue weighted by molar-refractivity contribution is 6.10. The molecule has 0 spiro atoms. The highest BCUT2D eigenvalue weighted by Gasteiger charge is 2.18. The van der Waals surface area contributed by atoms with Crippen molar-refractivity contribution in [1.29, 1.82) is 0 Å². The number of carbonyl (C=O) groups excluding carboxylic acids is 1. The molecule has 0 aromatic heterocycles. The Morgan fingerprint density at radius 3 is 1.82 bits per heavy atom. The van der Waals surface area contributed by atoms with Gasteiger partial charge in [-0.1, -0.05) is 6.07 Å². The quantitative estimate of drug-likeness (QED) is 0.445. The molecule has 0 saturated heterocycles. The van der Waals surface area contributed by atoms with Crippen LogP contribution >= 0.6 is 0 Å². The molecule has 0 bridgehead atoms. The van der Waals surface area contributed by atoms with Crippen LogP contribution in [0.3, 0.4) is 0 Å². The summed E-state index contributed by atoms with van der Waals surface area (Å²) in [4.78, 5) is 13.0. The van der Waals surface area contributed by atoms with Gasteiger partial charge in [-0.15, -0.1) is 0 Å². The molecule has 0 saturated carbocycles. The van der Waals surface area contributed by atoms with Crippen molar-refractivity contribution in [1.82, 2.24) is 0 Å². The molecule has 6 heteroatoms. The van der Waals surface area contributed by atoms with Crippen LogP contribution in [0.5, 0.6) is 28.7 Å². The number of hydrogen-bond acceptors (Lipinski definition) is 6. The number of benzene rings is 2. The summed E-state index contributed by atoms with van der Waals surface area (Å²) in [5, 5.41) is 0. The molecule has 28 heavy (non-hydrogen) atoms. The summed E-state index contributed by atoms with van der Waals surface area (Å²) in [6, 6.07) is 8.76. The molecule has 0 amide bonds. The van der Waals surface area contributed by atoms with Gasteiger partial charge in [-0.3, -0.25) is 4.79 Å². The molecular formula is C22H26O6. The van der Waals surface area contributed by atoms with Gasteiger partial charge in [0.1, 0.15) is 34.3 Å². The Bertz CT molecular complexity index is 792. The molecule has 0 atom stereocenters. The van der Waals surface area contributed by atoms with Crippen molar-refractivity contribution in [2.75, 3.05) is 34.5 Å². The van der Waals surface area contributed by atoms with Gasteiger partial charge in [0.2, 0.25) is 0 Å². The van der Waals surface area contributed by atoms with Crippen molar-refractivity contribution in [3.63, 3.8) is 0 Å². The third-order valence-corrected chi connectivity index (χ3v) is 3.99. The van der Waals surface area contributed by atoms with Crippen molar-refractivity contribution in [2.24, 2.45) is 0 Å². The lowest BCUT2D eigenvalue weighted by molar-refractivity contribution is 0.104. The lowest BCUT2D eigenvalue weighted by atomic mass is 10.1. The van der Waals surface area contributed by atoms with E-state index in [0.717, 1.165) is 0 Å². The normalized spacial score (nSPS) is 10.6. The first-order valence-electron chi connectivity index (χ1n) is 9.00. The fourth-order valence-electron chi connectivity index (χ4n) is 2.74. The van der Waals surface area contributed by atoms with Gasteiger partial charge in [0, 0.05) is 12.1 Å². The fraction of sp³-hybridized carbons (Fsp3) is 0.318. The van der Waals surface area contributed by atoms with Crippen molar-refractivity contribution in [3.8, 4) is 28.7 Å². The number of carbonyl (C=O) groups is 1. The Kier molecular flexibility index (Phi) is 7.75. The minimum Gasteiger partial charge on any atom is -0.496 e. The number of methoxy groups -OCH3 is 3. The third kappa shape index (κ3) is 4.76. The summed E-state index contributed by atoms with van der Waals surface area (Å²) in [5.74, 6) is 2.38. The summed E-state index contributed by atoms with van der Waals surface area (Å²) >= 11 is 0. The van der Waals surface area contributed by atoms with E-state index in [4.69, 9.17) is 23.7 Å². The molecule has 0 aliphatic heterocycles. The monoisotopic (exact) mass is 386 g/mol. The first kappa shape index (κ1) is 21.2. The Morgan fingerprint density at radius 2 is 1.39 bits per heavy atom. The molecule has 150 valence electrons. The van der Waals surface area contributed by atoms with Crippen molar-refractivity contribution in [2.45, 2.75) is 13.8 Å². The van der Waals surface area contributed by atoms with Gasteiger partial charge < -0.3 is 23.7 Å². The summed E-state index contributed by atoms with van der Waals surface area (Å²) in [6.45, 7) is 4.62. The lowest BCUT2D eigenvalue weighted by Crippen LogP contribution is -2.06. The molecular weight excluding hydrogens is 360 g/mol. The summed E-state index contributed by atoms with van der Waals surface area (Å²) in [6.07, 6.45) is 3.10. The van der Waals surface area contributed by atoms with Crippen molar-refractivity contribution in [3.05, 3.63) is 47.5 Å². The first-order chi connectivity index (χ1) is 13.6. The van der Waals surface area contributed by atoms with E-state index in [0.29, 0.717) is 53.1 Å². The van der Waals surface area contributed by atoms with Crippen LogP contribution in [0.1, 0.15) is 29.8 Å². The standard InChI is InChI=1S/C22H26O6/c1-6-27-18-9-8-10-19(28-7-2)22(18)17(23)12-11-16-20(25-4)13-15(24-3)14-21(16)26-5/h8-14H,6-7H2,1-5H3/b12-11+. The summed E-state index contributed by atoms with van der Waals surface area (Å²) < 4.78 is 27.3. The maximum absolute atomic E-state index is 13.0. The largest absolute Gasteiger partial charge is 0.496 e. The van der Waals surface area contributed by atoms with E-state index in [2.05, 4.69) is 0 Å². The van der Waals surface area contributed by atoms with Crippen LogP contribution in [0.25, 0.3) is 6.08 Å². The second-order valence-electron chi connectivity index (χ2n) is 5.64. The molecule has 6 nitrogen and oxygen atoms in total. The molecule has 0 radical (unpaired) electrons. The summed E-state index contributed by atoms with van der Waals surface area (Å²) in [7, 11) is 4.66. The van der Waals surface area contributed by atoms with Gasteiger partial charge in [0.25, 0.3) is 0 Å². The van der Waals surface area contributed by atoms with Crippen molar-refractivity contribution < 1.29 is 28.5 Å². The van der Waals surface area contributed by atoms with Gasteiger partial charge in [0.05, 0.1) is 40.1 Å². The number of rotatable bonds is 10. The lowest BCUT2D eigenvalue weighted by Gasteiger charge is -2.14. The molecule has 0 heterocycles. The van der Waals surface area contributed by atoms with E-state index in [1.54, 1.807) is 57.7 Å².